The molecule has 0 bridgehead atoms. The lowest BCUT2D eigenvalue weighted by atomic mass is 9.76. The van der Waals surface area contributed by atoms with E-state index in [1.54, 1.807) is 0 Å². The molecular weight excluding hydrogens is 317 g/mol. The minimum absolute atomic E-state index is 0.139. The molecule has 4 nitrogen and oxygen atoms in total. The van der Waals surface area contributed by atoms with Crippen molar-refractivity contribution in [1.29, 1.82) is 0 Å². The fourth-order valence-electron chi connectivity index (χ4n) is 2.10. The van der Waals surface area contributed by atoms with Crippen molar-refractivity contribution < 1.29 is 32.3 Å². The van der Waals surface area contributed by atoms with E-state index < -0.39 is 35.7 Å². The third-order valence-corrected chi connectivity index (χ3v) is 3.26. The summed E-state index contributed by atoms with van der Waals surface area (Å²) in [6, 6.07) is 3.54. The Morgan fingerprint density at radius 1 is 1.17 bits per heavy atom. The van der Waals surface area contributed by atoms with Crippen LogP contribution in [0.15, 0.2) is 24.4 Å². The number of aryl methyl sites for hydroxylation is 1. The Balaban J connectivity index is 2.52. The first-order chi connectivity index (χ1) is 10.6. The molecule has 0 saturated heterocycles. The van der Waals surface area contributed by atoms with Gasteiger partial charge in [0.25, 0.3) is 0 Å². The Bertz CT molecular complexity index is 735. The maximum absolute atomic E-state index is 13.1. The van der Waals surface area contributed by atoms with E-state index in [1.165, 1.54) is 19.1 Å². The van der Waals surface area contributed by atoms with E-state index in [1.807, 2.05) is 0 Å². The van der Waals surface area contributed by atoms with Gasteiger partial charge >= 0.3 is 13.3 Å². The van der Waals surface area contributed by atoms with Crippen LogP contribution in [0, 0.1) is 19.7 Å². The molecule has 23 heavy (non-hydrogen) atoms. The standard InChI is InChI=1S/C14H12BF4NO3/c1-7-5-9(16)3-4-11(7)23-13-12(15(21)22)8(2)10(6-20-13)14(17,18)19/h3-6,21-22H,1-2H3. The maximum atomic E-state index is 13.1. The molecule has 2 rings (SSSR count). The van der Waals surface area contributed by atoms with Gasteiger partial charge in [0.1, 0.15) is 11.6 Å². The van der Waals surface area contributed by atoms with Gasteiger partial charge in [-0.1, -0.05) is 0 Å². The van der Waals surface area contributed by atoms with Crippen molar-refractivity contribution >= 4 is 12.6 Å². The van der Waals surface area contributed by atoms with Crippen LogP contribution in [0.1, 0.15) is 16.7 Å². The Labute approximate surface area is 129 Å². The minimum Gasteiger partial charge on any atom is -0.439 e. The van der Waals surface area contributed by atoms with E-state index in [9.17, 15) is 27.6 Å². The summed E-state index contributed by atoms with van der Waals surface area (Å²) in [5, 5.41) is 18.8. The highest BCUT2D eigenvalue weighted by molar-refractivity contribution is 6.60. The first kappa shape index (κ1) is 17.2. The van der Waals surface area contributed by atoms with Crippen LogP contribution in [0.2, 0.25) is 0 Å². The summed E-state index contributed by atoms with van der Waals surface area (Å²) >= 11 is 0. The number of aromatic nitrogens is 1. The fourth-order valence-corrected chi connectivity index (χ4v) is 2.10. The molecule has 2 N–H and O–H groups in total. The van der Waals surface area contributed by atoms with Crippen LogP contribution in [0.4, 0.5) is 17.6 Å². The number of ether oxygens (including phenoxy) is 1. The average molecular weight is 329 g/mol. The summed E-state index contributed by atoms with van der Waals surface area (Å²) in [6.45, 7) is 2.62. The first-order valence-corrected chi connectivity index (χ1v) is 6.48. The quantitative estimate of drug-likeness (QED) is 0.670. The molecule has 0 fully saturated rings. The second-order valence-electron chi connectivity index (χ2n) is 4.90. The number of hydrogen-bond donors (Lipinski definition) is 2. The van der Waals surface area contributed by atoms with Gasteiger partial charge in [-0.2, -0.15) is 13.2 Å². The molecule has 9 heteroatoms. The van der Waals surface area contributed by atoms with Crippen molar-refractivity contribution in [2.24, 2.45) is 0 Å². The molecular formula is C14H12BF4NO3. The highest BCUT2D eigenvalue weighted by Crippen LogP contribution is 2.32. The van der Waals surface area contributed by atoms with Crippen molar-refractivity contribution in [3.8, 4) is 11.6 Å². The van der Waals surface area contributed by atoms with Gasteiger partial charge in [0.15, 0.2) is 0 Å². The maximum Gasteiger partial charge on any atom is 0.494 e. The Hall–Kier alpha value is -2.13. The number of alkyl halides is 3. The second-order valence-corrected chi connectivity index (χ2v) is 4.90. The topological polar surface area (TPSA) is 62.6 Å². The van der Waals surface area contributed by atoms with Crippen LogP contribution >= 0.6 is 0 Å². The molecule has 0 saturated carbocycles. The van der Waals surface area contributed by atoms with E-state index in [4.69, 9.17) is 4.74 Å². The summed E-state index contributed by atoms with van der Waals surface area (Å²) in [7, 11) is -2.21. The highest BCUT2D eigenvalue weighted by atomic mass is 19.4. The zero-order chi connectivity index (χ0) is 17.4. The molecule has 1 heterocycles. The predicted octanol–water partition coefficient (Wildman–Crippen LogP) is 2.33. The molecule has 0 aliphatic carbocycles. The van der Waals surface area contributed by atoms with Gasteiger partial charge in [0.2, 0.25) is 5.88 Å². The average Bonchev–Trinajstić information content (AvgIpc) is 2.40. The lowest BCUT2D eigenvalue weighted by molar-refractivity contribution is -0.138. The lowest BCUT2D eigenvalue weighted by Gasteiger charge is -2.17. The smallest absolute Gasteiger partial charge is 0.439 e. The summed E-state index contributed by atoms with van der Waals surface area (Å²) in [4.78, 5) is 3.53. The van der Waals surface area contributed by atoms with Crippen LogP contribution in [-0.4, -0.2) is 22.2 Å². The second kappa shape index (κ2) is 6.17. The van der Waals surface area contributed by atoms with Crippen LogP contribution in [0.25, 0.3) is 0 Å². The zero-order valence-corrected chi connectivity index (χ0v) is 12.1. The number of hydrogen-bond acceptors (Lipinski definition) is 4. The number of pyridine rings is 1. The van der Waals surface area contributed by atoms with Crippen molar-refractivity contribution in [1.82, 2.24) is 4.98 Å². The molecule has 0 amide bonds. The van der Waals surface area contributed by atoms with E-state index >= 15 is 0 Å². The molecule has 0 radical (unpaired) electrons. The zero-order valence-electron chi connectivity index (χ0n) is 12.1. The SMILES string of the molecule is Cc1cc(F)ccc1Oc1ncc(C(F)(F)F)c(C)c1B(O)O. The molecule has 0 unspecified atom stereocenters. The number of benzene rings is 1. The summed E-state index contributed by atoms with van der Waals surface area (Å²) < 4.78 is 57.0. The highest BCUT2D eigenvalue weighted by Gasteiger charge is 2.36. The van der Waals surface area contributed by atoms with Gasteiger partial charge < -0.3 is 14.8 Å². The number of halogens is 4. The molecule has 0 spiro atoms. The van der Waals surface area contributed by atoms with Crippen molar-refractivity contribution in [3.63, 3.8) is 0 Å². The number of nitrogens with zero attached hydrogens (tertiary/aromatic N) is 1. The van der Waals surface area contributed by atoms with Gasteiger partial charge in [-0.05, 0) is 43.2 Å². The van der Waals surface area contributed by atoms with Crippen molar-refractivity contribution in [2.75, 3.05) is 0 Å². The van der Waals surface area contributed by atoms with E-state index in [-0.39, 0.29) is 11.6 Å². The molecule has 0 atom stereocenters. The summed E-state index contributed by atoms with van der Waals surface area (Å²) in [5.41, 5.74) is -1.62. The largest absolute Gasteiger partial charge is 0.494 e. The molecule has 2 aromatic rings. The minimum atomic E-state index is -4.69. The van der Waals surface area contributed by atoms with Crippen LogP contribution in [0.3, 0.4) is 0 Å². The monoisotopic (exact) mass is 329 g/mol. The molecule has 0 aliphatic heterocycles. The first-order valence-electron chi connectivity index (χ1n) is 6.48. The summed E-state index contributed by atoms with van der Waals surface area (Å²) in [5.74, 6) is -0.756. The molecule has 122 valence electrons. The van der Waals surface area contributed by atoms with Crippen LogP contribution < -0.4 is 10.2 Å². The molecule has 1 aromatic carbocycles. The Morgan fingerprint density at radius 2 is 1.83 bits per heavy atom. The van der Waals surface area contributed by atoms with Gasteiger partial charge in [-0.25, -0.2) is 9.37 Å². The molecule has 0 aliphatic rings. The third-order valence-electron chi connectivity index (χ3n) is 3.26. The normalized spacial score (nSPS) is 11.5. The Morgan fingerprint density at radius 3 is 2.35 bits per heavy atom. The predicted molar refractivity (Wildman–Crippen MR) is 75.0 cm³/mol. The lowest BCUT2D eigenvalue weighted by Crippen LogP contribution is -2.35. The van der Waals surface area contributed by atoms with Gasteiger partial charge in [0.05, 0.1) is 5.56 Å². The summed E-state index contributed by atoms with van der Waals surface area (Å²) in [6.07, 6.45) is -4.14. The Kier molecular flexibility index (Phi) is 4.62. The number of rotatable bonds is 3. The van der Waals surface area contributed by atoms with E-state index in [2.05, 4.69) is 4.98 Å². The van der Waals surface area contributed by atoms with E-state index in [0.717, 1.165) is 13.0 Å². The van der Waals surface area contributed by atoms with Crippen LogP contribution in [-0.2, 0) is 6.18 Å². The third kappa shape index (κ3) is 3.62. The van der Waals surface area contributed by atoms with Crippen molar-refractivity contribution in [2.45, 2.75) is 20.0 Å². The van der Waals surface area contributed by atoms with Crippen molar-refractivity contribution in [3.05, 3.63) is 46.9 Å². The van der Waals surface area contributed by atoms with Crippen LogP contribution in [0.5, 0.6) is 11.6 Å². The van der Waals surface area contributed by atoms with Gasteiger partial charge in [-0.15, -0.1) is 0 Å². The van der Waals surface area contributed by atoms with Gasteiger partial charge in [-0.3, -0.25) is 0 Å². The fraction of sp³-hybridized carbons (Fsp3) is 0.214. The molecule has 1 aromatic heterocycles. The van der Waals surface area contributed by atoms with E-state index in [0.29, 0.717) is 11.8 Å². The van der Waals surface area contributed by atoms with Gasteiger partial charge in [0, 0.05) is 11.7 Å².